The molecule has 4 rings (SSSR count). The minimum Gasteiger partial charge on any atom is -0.488 e. The van der Waals surface area contributed by atoms with E-state index >= 15 is 0 Å². The molecule has 6 heteroatoms. The van der Waals surface area contributed by atoms with Crippen molar-refractivity contribution in [3.63, 3.8) is 0 Å². The second-order valence-electron chi connectivity index (χ2n) is 9.51. The van der Waals surface area contributed by atoms with E-state index in [-0.39, 0.29) is 12.1 Å². The van der Waals surface area contributed by atoms with E-state index in [1.807, 2.05) is 30.3 Å². The number of hydrogen-bond acceptors (Lipinski definition) is 5. The lowest BCUT2D eigenvalue weighted by Gasteiger charge is -2.37. The van der Waals surface area contributed by atoms with Crippen LogP contribution in [-0.2, 0) is 30.3 Å². The lowest BCUT2D eigenvalue weighted by atomic mass is 9.80. The number of rotatable bonds is 10. The first-order chi connectivity index (χ1) is 16.9. The Balaban J connectivity index is 1.59. The van der Waals surface area contributed by atoms with Crippen molar-refractivity contribution in [2.45, 2.75) is 64.8 Å². The molecule has 1 aliphatic heterocycles. The summed E-state index contributed by atoms with van der Waals surface area (Å²) in [7, 11) is 0. The molecule has 0 amide bonds. The standard InChI is InChI=1S/C29H35BrO5/c1-20-17-21(2)25(22(3)18-20)26-27(34-19-23-7-5-4-6-8-23)29(35-28(26)31)11-9-24(10-12-29)33-16-15-32-14-13-30/h4-8,17-18,24H,9-16,19H2,1-3H3. The maximum atomic E-state index is 13.4. The summed E-state index contributed by atoms with van der Waals surface area (Å²) >= 11 is 3.36. The lowest BCUT2D eigenvalue weighted by molar-refractivity contribution is -0.153. The van der Waals surface area contributed by atoms with Crippen LogP contribution < -0.4 is 0 Å². The zero-order chi connectivity index (χ0) is 24.8. The minimum atomic E-state index is -0.739. The molecule has 1 saturated carbocycles. The van der Waals surface area contributed by atoms with Crippen LogP contribution in [0.5, 0.6) is 0 Å². The summed E-state index contributed by atoms with van der Waals surface area (Å²) in [5.41, 5.74) is 5.14. The molecule has 0 atom stereocenters. The normalized spacial score (nSPS) is 22.1. The van der Waals surface area contributed by atoms with Crippen molar-refractivity contribution in [2.75, 3.05) is 25.2 Å². The summed E-state index contributed by atoms with van der Waals surface area (Å²) in [6.07, 6.45) is 3.12. The number of carbonyl (C=O) groups is 1. The Morgan fingerprint density at radius 2 is 1.69 bits per heavy atom. The van der Waals surface area contributed by atoms with Gasteiger partial charge in [0.1, 0.15) is 12.2 Å². The van der Waals surface area contributed by atoms with Crippen molar-refractivity contribution in [3.8, 4) is 0 Å². The molecule has 1 aliphatic carbocycles. The van der Waals surface area contributed by atoms with Gasteiger partial charge in [0, 0.05) is 5.33 Å². The predicted molar refractivity (Wildman–Crippen MR) is 140 cm³/mol. The Hall–Kier alpha value is -2.15. The monoisotopic (exact) mass is 542 g/mol. The van der Waals surface area contributed by atoms with Gasteiger partial charge in [-0.3, -0.25) is 0 Å². The van der Waals surface area contributed by atoms with E-state index in [2.05, 4.69) is 48.8 Å². The third-order valence-corrected chi connectivity index (χ3v) is 7.15. The molecule has 188 valence electrons. The van der Waals surface area contributed by atoms with Gasteiger partial charge in [0.2, 0.25) is 0 Å². The Morgan fingerprint density at radius 3 is 2.34 bits per heavy atom. The van der Waals surface area contributed by atoms with Crippen LogP contribution in [0.1, 0.15) is 53.5 Å². The van der Waals surface area contributed by atoms with E-state index in [4.69, 9.17) is 18.9 Å². The number of carbonyl (C=O) groups excluding carboxylic acids is 1. The van der Waals surface area contributed by atoms with Gasteiger partial charge in [-0.25, -0.2) is 4.79 Å². The van der Waals surface area contributed by atoms with E-state index in [1.165, 1.54) is 5.56 Å². The zero-order valence-electron chi connectivity index (χ0n) is 20.9. The highest BCUT2D eigenvalue weighted by atomic mass is 79.9. The van der Waals surface area contributed by atoms with E-state index in [1.54, 1.807) is 0 Å². The van der Waals surface area contributed by atoms with Gasteiger partial charge < -0.3 is 18.9 Å². The zero-order valence-corrected chi connectivity index (χ0v) is 22.5. The summed E-state index contributed by atoms with van der Waals surface area (Å²) in [5.74, 6) is 0.395. The topological polar surface area (TPSA) is 54.0 Å². The van der Waals surface area contributed by atoms with Crippen molar-refractivity contribution in [3.05, 3.63) is 76.0 Å². The van der Waals surface area contributed by atoms with Crippen molar-refractivity contribution in [1.29, 1.82) is 0 Å². The molecule has 0 N–H and O–H groups in total. The molecular formula is C29H35BrO5. The first kappa shape index (κ1) is 25.9. The predicted octanol–water partition coefficient (Wildman–Crippen LogP) is 6.21. The van der Waals surface area contributed by atoms with Gasteiger partial charge in [-0.1, -0.05) is 64.0 Å². The maximum absolute atomic E-state index is 13.4. The van der Waals surface area contributed by atoms with Crippen LogP contribution in [-0.4, -0.2) is 42.8 Å². The molecule has 1 fully saturated rings. The largest absolute Gasteiger partial charge is 0.488 e. The Kier molecular flexibility index (Phi) is 8.68. The lowest BCUT2D eigenvalue weighted by Crippen LogP contribution is -2.40. The summed E-state index contributed by atoms with van der Waals surface area (Å²) in [6.45, 7) is 8.42. The molecule has 0 saturated heterocycles. The number of aryl methyl sites for hydroxylation is 3. The van der Waals surface area contributed by atoms with Crippen molar-refractivity contribution in [1.82, 2.24) is 0 Å². The van der Waals surface area contributed by atoms with Gasteiger partial charge >= 0.3 is 5.97 Å². The average molecular weight is 543 g/mol. The average Bonchev–Trinajstić information content (AvgIpc) is 3.09. The number of benzene rings is 2. The SMILES string of the molecule is Cc1cc(C)c(C2=C(OCc3ccccc3)C3(CCC(OCCOCCBr)CC3)OC2=O)c(C)c1. The molecule has 1 spiro atoms. The highest BCUT2D eigenvalue weighted by molar-refractivity contribution is 9.09. The molecule has 35 heavy (non-hydrogen) atoms. The molecule has 1 heterocycles. The fourth-order valence-corrected chi connectivity index (χ4v) is 5.53. The maximum Gasteiger partial charge on any atom is 0.343 e. The Labute approximate surface area is 216 Å². The van der Waals surface area contributed by atoms with Gasteiger partial charge in [0.25, 0.3) is 0 Å². The molecule has 0 radical (unpaired) electrons. The molecule has 0 unspecified atom stereocenters. The van der Waals surface area contributed by atoms with Crippen LogP contribution in [0.15, 0.2) is 48.2 Å². The van der Waals surface area contributed by atoms with E-state index < -0.39 is 5.60 Å². The third kappa shape index (κ3) is 5.99. The summed E-state index contributed by atoms with van der Waals surface area (Å²) in [5, 5.41) is 0.824. The van der Waals surface area contributed by atoms with Crippen LogP contribution in [0.3, 0.4) is 0 Å². The first-order valence-electron chi connectivity index (χ1n) is 12.4. The third-order valence-electron chi connectivity index (χ3n) is 6.83. The molecule has 2 aliphatic rings. The highest BCUT2D eigenvalue weighted by Gasteiger charge is 2.52. The number of hydrogen-bond donors (Lipinski definition) is 0. The van der Waals surface area contributed by atoms with Crippen LogP contribution >= 0.6 is 15.9 Å². The van der Waals surface area contributed by atoms with E-state index in [0.29, 0.717) is 50.6 Å². The second-order valence-corrected chi connectivity index (χ2v) is 10.3. The van der Waals surface area contributed by atoms with Crippen LogP contribution in [0.25, 0.3) is 5.57 Å². The number of ether oxygens (including phenoxy) is 4. The molecule has 0 aromatic heterocycles. The summed E-state index contributed by atoms with van der Waals surface area (Å²) in [4.78, 5) is 13.4. The fraction of sp³-hybridized carbons (Fsp3) is 0.483. The van der Waals surface area contributed by atoms with E-state index in [0.717, 1.165) is 40.4 Å². The van der Waals surface area contributed by atoms with Crippen molar-refractivity contribution < 1.29 is 23.7 Å². The Bertz CT molecular complexity index is 1030. The van der Waals surface area contributed by atoms with Crippen LogP contribution in [0.2, 0.25) is 0 Å². The van der Waals surface area contributed by atoms with Gasteiger partial charge in [0.15, 0.2) is 11.4 Å². The second kappa shape index (κ2) is 11.7. The molecule has 2 aromatic carbocycles. The minimum absolute atomic E-state index is 0.133. The smallest absolute Gasteiger partial charge is 0.343 e. The molecule has 2 aromatic rings. The van der Waals surface area contributed by atoms with Crippen LogP contribution in [0, 0.1) is 20.8 Å². The molecule has 0 bridgehead atoms. The Morgan fingerprint density at radius 1 is 1.00 bits per heavy atom. The summed E-state index contributed by atoms with van der Waals surface area (Å²) < 4.78 is 24.2. The first-order valence-corrected chi connectivity index (χ1v) is 13.5. The van der Waals surface area contributed by atoms with Gasteiger partial charge in [-0.2, -0.15) is 0 Å². The van der Waals surface area contributed by atoms with E-state index in [9.17, 15) is 4.79 Å². The van der Waals surface area contributed by atoms with Crippen LogP contribution in [0.4, 0.5) is 0 Å². The highest BCUT2D eigenvalue weighted by Crippen LogP contribution is 2.48. The van der Waals surface area contributed by atoms with Crippen molar-refractivity contribution in [2.24, 2.45) is 0 Å². The number of halogens is 1. The van der Waals surface area contributed by atoms with Gasteiger partial charge in [-0.15, -0.1) is 0 Å². The molecule has 5 nitrogen and oxygen atoms in total. The summed E-state index contributed by atoms with van der Waals surface area (Å²) in [6, 6.07) is 14.3. The quantitative estimate of drug-likeness (QED) is 0.203. The fourth-order valence-electron chi connectivity index (χ4n) is 5.30. The molecular weight excluding hydrogens is 508 g/mol. The van der Waals surface area contributed by atoms with Gasteiger partial charge in [0.05, 0.1) is 25.9 Å². The number of alkyl halides is 1. The number of esters is 1. The van der Waals surface area contributed by atoms with Crippen molar-refractivity contribution >= 4 is 27.5 Å². The van der Waals surface area contributed by atoms with Gasteiger partial charge in [-0.05, 0) is 68.7 Å².